The van der Waals surface area contributed by atoms with Crippen molar-refractivity contribution < 1.29 is 9.59 Å². The van der Waals surface area contributed by atoms with Crippen LogP contribution >= 0.6 is 12.2 Å². The Kier molecular flexibility index (Phi) is 5.44. The van der Waals surface area contributed by atoms with Crippen LogP contribution in [0.15, 0.2) is 24.3 Å². The van der Waals surface area contributed by atoms with Gasteiger partial charge in [-0.3, -0.25) is 14.7 Å². The topological polar surface area (TPSA) is 79.8 Å². The highest BCUT2D eigenvalue weighted by Crippen LogP contribution is 2.11. The summed E-state index contributed by atoms with van der Waals surface area (Å²) in [6.07, 6.45) is 0. The summed E-state index contributed by atoms with van der Waals surface area (Å²) >= 11 is 5.20. The lowest BCUT2D eigenvalue weighted by Crippen LogP contribution is -2.27. The summed E-state index contributed by atoms with van der Waals surface area (Å²) in [6, 6.07) is 6.60. The molecule has 0 radical (unpaired) electrons. The number of hydrogen-bond donors (Lipinski definition) is 2. The van der Waals surface area contributed by atoms with Crippen LogP contribution in [0.25, 0.3) is 0 Å². The maximum absolute atomic E-state index is 12.1. The van der Waals surface area contributed by atoms with Crippen LogP contribution in [0.4, 0.5) is 0 Å². The highest BCUT2D eigenvalue weighted by atomic mass is 32.1. The van der Waals surface area contributed by atoms with E-state index >= 15 is 0 Å². The SMILES string of the molecule is CC(=O)c1ccc(C(=O)NCCn2c(C(C)C)n[nH]c2=S)cc1. The van der Waals surface area contributed by atoms with Crippen molar-refractivity contribution >= 4 is 23.9 Å². The number of carbonyl (C=O) groups excluding carboxylic acids is 2. The Morgan fingerprint density at radius 3 is 2.43 bits per heavy atom. The Hall–Kier alpha value is -2.28. The smallest absolute Gasteiger partial charge is 0.251 e. The lowest BCUT2D eigenvalue weighted by Gasteiger charge is -2.10. The van der Waals surface area contributed by atoms with Crippen LogP contribution in [0.2, 0.25) is 0 Å². The van der Waals surface area contributed by atoms with E-state index in [0.717, 1.165) is 5.82 Å². The van der Waals surface area contributed by atoms with Crippen molar-refractivity contribution in [2.75, 3.05) is 6.54 Å². The van der Waals surface area contributed by atoms with Crippen LogP contribution < -0.4 is 5.32 Å². The minimum Gasteiger partial charge on any atom is -0.350 e. The maximum Gasteiger partial charge on any atom is 0.251 e. The fourth-order valence-electron chi connectivity index (χ4n) is 2.23. The number of aromatic amines is 1. The van der Waals surface area contributed by atoms with Gasteiger partial charge in [-0.1, -0.05) is 26.0 Å². The number of hydrogen-bond acceptors (Lipinski definition) is 4. The zero-order chi connectivity index (χ0) is 17.0. The number of aromatic nitrogens is 3. The predicted molar refractivity (Wildman–Crippen MR) is 90.3 cm³/mol. The predicted octanol–water partition coefficient (Wildman–Crippen LogP) is 2.70. The molecular formula is C16H20N4O2S. The Morgan fingerprint density at radius 1 is 1.26 bits per heavy atom. The Bertz CT molecular complexity index is 759. The molecule has 7 heteroatoms. The molecule has 0 fully saturated rings. The van der Waals surface area contributed by atoms with Crippen molar-refractivity contribution in [3.8, 4) is 0 Å². The van der Waals surface area contributed by atoms with Crippen LogP contribution in [0, 0.1) is 4.77 Å². The van der Waals surface area contributed by atoms with E-state index in [9.17, 15) is 9.59 Å². The molecule has 1 amide bonds. The first-order chi connectivity index (χ1) is 10.9. The van der Waals surface area contributed by atoms with Crippen molar-refractivity contribution in [2.45, 2.75) is 33.2 Å². The van der Waals surface area contributed by atoms with Gasteiger partial charge in [-0.2, -0.15) is 5.10 Å². The summed E-state index contributed by atoms with van der Waals surface area (Å²) in [5.74, 6) is 0.918. The Labute approximate surface area is 139 Å². The van der Waals surface area contributed by atoms with Crippen LogP contribution in [0.1, 0.15) is 53.2 Å². The van der Waals surface area contributed by atoms with Crippen molar-refractivity contribution in [2.24, 2.45) is 0 Å². The number of Topliss-reactive ketones (excluding diaryl/α,β-unsaturated/α-hetero) is 1. The van der Waals surface area contributed by atoms with E-state index in [4.69, 9.17) is 12.2 Å². The van der Waals surface area contributed by atoms with Gasteiger partial charge in [-0.15, -0.1) is 0 Å². The molecule has 6 nitrogen and oxygen atoms in total. The molecule has 1 aromatic heterocycles. The van der Waals surface area contributed by atoms with Gasteiger partial charge >= 0.3 is 0 Å². The third kappa shape index (κ3) is 4.13. The van der Waals surface area contributed by atoms with Gasteiger partial charge in [0, 0.05) is 30.1 Å². The number of ketones is 1. The number of H-pyrrole nitrogens is 1. The van der Waals surface area contributed by atoms with E-state index in [1.54, 1.807) is 24.3 Å². The molecular weight excluding hydrogens is 312 g/mol. The molecule has 0 aliphatic carbocycles. The minimum absolute atomic E-state index is 0.0208. The van der Waals surface area contributed by atoms with E-state index in [-0.39, 0.29) is 17.6 Å². The summed E-state index contributed by atoms with van der Waals surface area (Å²) < 4.78 is 2.44. The summed E-state index contributed by atoms with van der Waals surface area (Å²) in [5.41, 5.74) is 1.11. The van der Waals surface area contributed by atoms with Crippen LogP contribution in [-0.4, -0.2) is 33.0 Å². The van der Waals surface area contributed by atoms with Gasteiger partial charge in [-0.25, -0.2) is 0 Å². The molecule has 0 unspecified atom stereocenters. The van der Waals surface area contributed by atoms with Gasteiger partial charge in [0.25, 0.3) is 5.91 Å². The van der Waals surface area contributed by atoms with Gasteiger partial charge in [0.15, 0.2) is 10.6 Å². The molecule has 122 valence electrons. The number of nitrogens with zero attached hydrogens (tertiary/aromatic N) is 2. The molecule has 23 heavy (non-hydrogen) atoms. The second-order valence-corrected chi connectivity index (χ2v) is 5.97. The van der Waals surface area contributed by atoms with Crippen LogP contribution in [0.5, 0.6) is 0 Å². The standard InChI is InChI=1S/C16H20N4O2S/c1-10(2)14-18-19-16(23)20(14)9-8-17-15(22)13-6-4-12(5-7-13)11(3)21/h4-7,10H,8-9H2,1-3H3,(H,17,22)(H,19,23). The molecule has 1 aromatic carbocycles. The summed E-state index contributed by atoms with van der Waals surface area (Å²) in [7, 11) is 0. The van der Waals surface area contributed by atoms with E-state index in [0.29, 0.717) is 29.0 Å². The van der Waals surface area contributed by atoms with E-state index < -0.39 is 0 Å². The Morgan fingerprint density at radius 2 is 1.87 bits per heavy atom. The normalized spacial score (nSPS) is 10.8. The first-order valence-electron chi connectivity index (χ1n) is 7.44. The molecule has 0 spiro atoms. The lowest BCUT2D eigenvalue weighted by molar-refractivity contribution is 0.0950. The van der Waals surface area contributed by atoms with E-state index in [2.05, 4.69) is 15.5 Å². The first kappa shape index (κ1) is 17.1. The van der Waals surface area contributed by atoms with Crippen molar-refractivity contribution in [3.63, 3.8) is 0 Å². The van der Waals surface area contributed by atoms with Gasteiger partial charge < -0.3 is 9.88 Å². The number of amides is 1. The molecule has 2 rings (SSSR count). The number of benzene rings is 1. The second kappa shape index (κ2) is 7.32. The molecule has 2 aromatic rings. The van der Waals surface area contributed by atoms with E-state index in [1.165, 1.54) is 6.92 Å². The van der Waals surface area contributed by atoms with E-state index in [1.807, 2.05) is 18.4 Å². The monoisotopic (exact) mass is 332 g/mol. The molecule has 0 aliphatic rings. The molecule has 0 atom stereocenters. The first-order valence-corrected chi connectivity index (χ1v) is 7.85. The van der Waals surface area contributed by atoms with Crippen LogP contribution in [0.3, 0.4) is 0 Å². The molecule has 2 N–H and O–H groups in total. The molecule has 1 heterocycles. The fourth-order valence-corrected chi connectivity index (χ4v) is 2.46. The lowest BCUT2D eigenvalue weighted by atomic mass is 10.1. The summed E-state index contributed by atoms with van der Waals surface area (Å²) in [4.78, 5) is 23.3. The van der Waals surface area contributed by atoms with Crippen LogP contribution in [-0.2, 0) is 6.54 Å². The summed E-state index contributed by atoms with van der Waals surface area (Å²) in [5, 5.41) is 9.82. The average Bonchev–Trinajstić information content (AvgIpc) is 2.88. The van der Waals surface area contributed by atoms with Gasteiger partial charge in [0.1, 0.15) is 5.82 Å². The quantitative estimate of drug-likeness (QED) is 0.629. The number of nitrogens with one attached hydrogen (secondary N) is 2. The van der Waals surface area contributed by atoms with Gasteiger partial charge in [-0.05, 0) is 31.3 Å². The molecule has 0 saturated carbocycles. The maximum atomic E-state index is 12.1. The van der Waals surface area contributed by atoms with Crippen molar-refractivity contribution in [1.29, 1.82) is 0 Å². The van der Waals surface area contributed by atoms with Gasteiger partial charge in [0.2, 0.25) is 0 Å². The van der Waals surface area contributed by atoms with Gasteiger partial charge in [0.05, 0.1) is 0 Å². The average molecular weight is 332 g/mol. The fraction of sp³-hybridized carbons (Fsp3) is 0.375. The largest absolute Gasteiger partial charge is 0.350 e. The van der Waals surface area contributed by atoms with Crippen molar-refractivity contribution in [3.05, 3.63) is 46.0 Å². The molecule has 0 aliphatic heterocycles. The number of carbonyl (C=O) groups is 2. The second-order valence-electron chi connectivity index (χ2n) is 5.58. The third-order valence-corrected chi connectivity index (χ3v) is 3.79. The minimum atomic E-state index is -0.179. The third-order valence-electron chi connectivity index (χ3n) is 3.48. The zero-order valence-electron chi connectivity index (χ0n) is 13.4. The highest BCUT2D eigenvalue weighted by molar-refractivity contribution is 7.71. The van der Waals surface area contributed by atoms with Crippen molar-refractivity contribution in [1.82, 2.24) is 20.1 Å². The summed E-state index contributed by atoms with van der Waals surface area (Å²) in [6.45, 7) is 6.57. The zero-order valence-corrected chi connectivity index (χ0v) is 14.2. The highest BCUT2D eigenvalue weighted by Gasteiger charge is 2.11. The number of rotatable bonds is 6. The molecule has 0 saturated heterocycles. The Balaban J connectivity index is 1.96. The molecule has 0 bridgehead atoms.